The third kappa shape index (κ3) is 62.2. The van der Waals surface area contributed by atoms with Crippen LogP contribution in [0.3, 0.4) is 0 Å². The van der Waals surface area contributed by atoms with E-state index >= 15 is 0 Å². The number of rotatable bonds is 68. The van der Waals surface area contributed by atoms with Crippen LogP contribution in [0.25, 0.3) is 0 Å². The number of aliphatic hydroxyl groups excluding tert-OH is 1. The molecule has 0 saturated carbocycles. The molecule has 0 fully saturated rings. The minimum Gasteiger partial charge on any atom is -0.462 e. The van der Waals surface area contributed by atoms with E-state index in [0.29, 0.717) is 25.7 Å². The van der Waals surface area contributed by atoms with Gasteiger partial charge in [-0.15, -0.1) is 0 Å². The highest BCUT2D eigenvalue weighted by Crippen LogP contribution is 2.45. The lowest BCUT2D eigenvalue weighted by Gasteiger charge is -2.21. The van der Waals surface area contributed by atoms with E-state index in [1.807, 2.05) is 0 Å². The van der Waals surface area contributed by atoms with Crippen molar-refractivity contribution in [1.29, 1.82) is 0 Å². The van der Waals surface area contributed by atoms with E-state index in [-0.39, 0.29) is 25.7 Å². The maximum atomic E-state index is 13.0. The van der Waals surface area contributed by atoms with Crippen LogP contribution in [0.1, 0.15) is 351 Å². The van der Waals surface area contributed by atoms with Crippen LogP contribution in [-0.4, -0.2) is 96.7 Å². The van der Waals surface area contributed by atoms with Crippen LogP contribution in [0.4, 0.5) is 0 Å². The molecule has 0 aromatic heterocycles. The zero-order chi connectivity index (χ0) is 66.8. The molecule has 19 heteroatoms. The fourth-order valence-electron chi connectivity index (χ4n) is 10.6. The Hall–Kier alpha value is -1.94. The number of carbonyl (C=O) groups excluding carboxylic acids is 4. The Balaban J connectivity index is 5.26. The Kier molecular flexibility index (Phi) is 59.4. The monoisotopic (exact) mass is 1320 g/mol. The van der Waals surface area contributed by atoms with Crippen molar-refractivity contribution in [3.05, 3.63) is 0 Å². The van der Waals surface area contributed by atoms with Gasteiger partial charge in [0.2, 0.25) is 0 Å². The Morgan fingerprint density at radius 3 is 0.789 bits per heavy atom. The minimum atomic E-state index is -4.95. The molecular formula is C71H138O17P2. The van der Waals surface area contributed by atoms with Gasteiger partial charge in [-0.3, -0.25) is 37.3 Å². The Morgan fingerprint density at radius 2 is 0.533 bits per heavy atom. The molecule has 0 bridgehead atoms. The average Bonchev–Trinajstić information content (AvgIpc) is 2.94. The molecular weight excluding hydrogens is 1190 g/mol. The Labute approximate surface area is 549 Å². The lowest BCUT2D eigenvalue weighted by Crippen LogP contribution is -2.30. The Bertz CT molecular complexity index is 1790. The SMILES string of the molecule is CCC(C)CCCCCCCCCCCCC(=O)O[C@H](COC(=O)CCCCCCCCCCCCCCC(C)C)COP(=O)(O)OCC(O)COP(=O)(O)OC[C@@H](COC(=O)CCCCCCCCCCC(C)C)OC(=O)CCCCCCCCC(C)CC. The van der Waals surface area contributed by atoms with Crippen molar-refractivity contribution < 1.29 is 80.2 Å². The van der Waals surface area contributed by atoms with Crippen LogP contribution in [0.5, 0.6) is 0 Å². The number of aliphatic hydroxyl groups is 1. The van der Waals surface area contributed by atoms with Crippen molar-refractivity contribution >= 4 is 39.5 Å². The highest BCUT2D eigenvalue weighted by atomic mass is 31.2. The van der Waals surface area contributed by atoms with E-state index in [4.69, 9.17) is 37.0 Å². The molecule has 0 aliphatic carbocycles. The molecule has 0 rings (SSSR count). The van der Waals surface area contributed by atoms with Crippen molar-refractivity contribution in [2.75, 3.05) is 39.6 Å². The molecule has 534 valence electrons. The second kappa shape index (κ2) is 60.7. The first-order valence-corrected chi connectivity index (χ1v) is 39.8. The van der Waals surface area contributed by atoms with E-state index in [9.17, 15) is 43.2 Å². The summed E-state index contributed by atoms with van der Waals surface area (Å²) in [4.78, 5) is 72.6. The van der Waals surface area contributed by atoms with Gasteiger partial charge in [-0.25, -0.2) is 9.13 Å². The summed E-state index contributed by atoms with van der Waals surface area (Å²) in [5.41, 5.74) is 0. The third-order valence-electron chi connectivity index (χ3n) is 17.0. The van der Waals surface area contributed by atoms with Gasteiger partial charge in [0.15, 0.2) is 12.2 Å². The van der Waals surface area contributed by atoms with Gasteiger partial charge in [0.05, 0.1) is 26.4 Å². The number of phosphoric ester groups is 2. The number of ether oxygens (including phenoxy) is 4. The van der Waals surface area contributed by atoms with Crippen molar-refractivity contribution in [1.82, 2.24) is 0 Å². The van der Waals surface area contributed by atoms with Gasteiger partial charge >= 0.3 is 39.5 Å². The molecule has 0 aliphatic heterocycles. The van der Waals surface area contributed by atoms with E-state index in [2.05, 4.69) is 55.4 Å². The van der Waals surface area contributed by atoms with Gasteiger partial charge in [0.1, 0.15) is 19.3 Å². The van der Waals surface area contributed by atoms with Gasteiger partial charge in [-0.2, -0.15) is 0 Å². The summed E-state index contributed by atoms with van der Waals surface area (Å²) in [7, 11) is -9.90. The van der Waals surface area contributed by atoms with Crippen molar-refractivity contribution in [2.24, 2.45) is 23.7 Å². The molecule has 3 N–H and O–H groups in total. The van der Waals surface area contributed by atoms with E-state index < -0.39 is 97.5 Å². The van der Waals surface area contributed by atoms with Crippen LogP contribution in [0.2, 0.25) is 0 Å². The summed E-state index contributed by atoms with van der Waals surface area (Å²) in [5.74, 6) is 0.901. The Morgan fingerprint density at radius 1 is 0.311 bits per heavy atom. The van der Waals surface area contributed by atoms with Gasteiger partial charge in [0, 0.05) is 25.7 Å². The molecule has 0 spiro atoms. The summed E-state index contributed by atoms with van der Waals surface area (Å²) >= 11 is 0. The molecule has 5 unspecified atom stereocenters. The van der Waals surface area contributed by atoms with Crippen LogP contribution >= 0.6 is 15.6 Å². The largest absolute Gasteiger partial charge is 0.472 e. The summed E-state index contributed by atoms with van der Waals surface area (Å²) < 4.78 is 68.3. The smallest absolute Gasteiger partial charge is 0.462 e. The molecule has 0 aromatic rings. The van der Waals surface area contributed by atoms with Gasteiger partial charge in [0.25, 0.3) is 0 Å². The maximum Gasteiger partial charge on any atom is 0.472 e. The normalized spacial score (nSPS) is 14.9. The fourth-order valence-corrected chi connectivity index (χ4v) is 12.2. The van der Waals surface area contributed by atoms with Crippen LogP contribution in [0.15, 0.2) is 0 Å². The highest BCUT2D eigenvalue weighted by molar-refractivity contribution is 7.47. The van der Waals surface area contributed by atoms with Crippen molar-refractivity contribution in [2.45, 2.75) is 369 Å². The highest BCUT2D eigenvalue weighted by Gasteiger charge is 2.30. The standard InChI is InChI=1S/C71H138O17P2/c1-9-63(7)49-41-33-25-18-15-16-20-28-37-45-53-70(75)87-66(57-81-68(73)51-43-35-26-19-14-12-11-13-17-23-31-39-47-61(3)4)59-85-89(77,78)83-55-65(72)56-84-90(79,80)86-60-67(88-71(76)54-46-38-30-29-34-42-50-64(8)10-2)58-82-69(74)52-44-36-27-22-21-24-32-40-48-62(5)6/h61-67,72H,9-60H2,1-8H3,(H,77,78)(H,79,80)/t63?,64?,65?,66-,67-/m1/s1. The number of esters is 4. The minimum absolute atomic E-state index is 0.102. The molecule has 7 atom stereocenters. The summed E-state index contributed by atoms with van der Waals surface area (Å²) in [6.07, 6.45) is 43.0. The topological polar surface area (TPSA) is 237 Å². The molecule has 0 heterocycles. The van der Waals surface area contributed by atoms with E-state index in [0.717, 1.165) is 114 Å². The molecule has 17 nitrogen and oxygen atoms in total. The third-order valence-corrected chi connectivity index (χ3v) is 18.9. The first kappa shape index (κ1) is 88.1. The summed E-state index contributed by atoms with van der Waals surface area (Å²) in [5, 5.41) is 10.6. The summed E-state index contributed by atoms with van der Waals surface area (Å²) in [6.45, 7) is 14.1. The van der Waals surface area contributed by atoms with Gasteiger partial charge in [-0.1, -0.05) is 299 Å². The van der Waals surface area contributed by atoms with E-state index in [1.54, 1.807) is 0 Å². The zero-order valence-corrected chi connectivity index (χ0v) is 60.6. The zero-order valence-electron chi connectivity index (χ0n) is 58.8. The van der Waals surface area contributed by atoms with Crippen LogP contribution in [-0.2, 0) is 65.4 Å². The number of unbranched alkanes of at least 4 members (excludes halogenated alkanes) is 32. The molecule has 0 aromatic carbocycles. The molecule has 0 aliphatic rings. The molecule has 0 radical (unpaired) electrons. The first-order valence-electron chi connectivity index (χ1n) is 36.8. The average molecular weight is 1330 g/mol. The number of carbonyl (C=O) groups is 4. The van der Waals surface area contributed by atoms with Crippen LogP contribution in [0, 0.1) is 23.7 Å². The number of hydrogen-bond acceptors (Lipinski definition) is 15. The van der Waals surface area contributed by atoms with Gasteiger partial charge in [-0.05, 0) is 49.4 Å². The molecule has 90 heavy (non-hydrogen) atoms. The first-order chi connectivity index (χ1) is 43.2. The van der Waals surface area contributed by atoms with Crippen molar-refractivity contribution in [3.63, 3.8) is 0 Å². The second-order valence-corrected chi connectivity index (χ2v) is 30.0. The lowest BCUT2D eigenvalue weighted by molar-refractivity contribution is -0.161. The number of phosphoric acid groups is 2. The number of hydrogen-bond donors (Lipinski definition) is 3. The molecule has 0 amide bonds. The fraction of sp³-hybridized carbons (Fsp3) is 0.944. The predicted octanol–water partition coefficient (Wildman–Crippen LogP) is 20.1. The van der Waals surface area contributed by atoms with Crippen LogP contribution < -0.4 is 0 Å². The molecule has 0 saturated heterocycles. The maximum absolute atomic E-state index is 13.0. The van der Waals surface area contributed by atoms with Crippen molar-refractivity contribution in [3.8, 4) is 0 Å². The second-order valence-electron chi connectivity index (χ2n) is 27.1. The van der Waals surface area contributed by atoms with Gasteiger partial charge < -0.3 is 33.8 Å². The summed E-state index contributed by atoms with van der Waals surface area (Å²) in [6, 6.07) is 0. The quantitative estimate of drug-likeness (QED) is 0.0222. The van der Waals surface area contributed by atoms with E-state index in [1.165, 1.54) is 154 Å². The predicted molar refractivity (Wildman–Crippen MR) is 363 cm³/mol. The lowest BCUT2D eigenvalue weighted by atomic mass is 9.99.